The van der Waals surface area contributed by atoms with Crippen molar-refractivity contribution in [2.75, 3.05) is 11.9 Å². The Bertz CT molecular complexity index is 678. The van der Waals surface area contributed by atoms with Crippen molar-refractivity contribution in [2.45, 2.75) is 13.3 Å². The Labute approximate surface area is 115 Å². The van der Waals surface area contributed by atoms with Crippen molar-refractivity contribution >= 4 is 27.4 Å². The van der Waals surface area contributed by atoms with Gasteiger partial charge < -0.3 is 5.32 Å². The maximum Gasteiger partial charge on any atom is 0.147 e. The highest BCUT2D eigenvalue weighted by Gasteiger charge is 2.07. The molecule has 0 saturated carbocycles. The van der Waals surface area contributed by atoms with Crippen LogP contribution < -0.4 is 5.32 Å². The molecule has 0 bridgehead atoms. The van der Waals surface area contributed by atoms with Crippen LogP contribution in [0.1, 0.15) is 11.1 Å². The van der Waals surface area contributed by atoms with Gasteiger partial charge in [-0.2, -0.15) is 0 Å². The van der Waals surface area contributed by atoms with Gasteiger partial charge in [0.2, 0.25) is 0 Å². The van der Waals surface area contributed by atoms with E-state index in [2.05, 4.69) is 38.6 Å². The molecule has 0 saturated heterocycles. The highest BCUT2D eigenvalue weighted by Crippen LogP contribution is 2.28. The molecule has 0 spiro atoms. The van der Waals surface area contributed by atoms with Crippen LogP contribution in [-0.2, 0) is 6.42 Å². The molecule has 0 unspecified atom stereocenters. The first-order chi connectivity index (χ1) is 9.34. The lowest BCUT2D eigenvalue weighted by Crippen LogP contribution is -2.06. The number of hydrogen-bond acceptors (Lipinski definition) is 5. The fourth-order valence-corrected chi connectivity index (χ4v) is 2.93. The van der Waals surface area contributed by atoms with E-state index in [0.29, 0.717) is 0 Å². The van der Waals surface area contributed by atoms with E-state index in [0.717, 1.165) is 29.0 Å². The van der Waals surface area contributed by atoms with Crippen molar-refractivity contribution in [2.24, 2.45) is 0 Å². The Balaban J connectivity index is 1.72. The molecule has 5 heteroatoms. The lowest BCUT2D eigenvalue weighted by Gasteiger charge is -2.06. The van der Waals surface area contributed by atoms with Crippen LogP contribution in [0.2, 0.25) is 0 Å². The minimum atomic E-state index is 0.842. The second-order valence-electron chi connectivity index (χ2n) is 4.36. The highest BCUT2D eigenvalue weighted by molar-refractivity contribution is 7.18. The monoisotopic (exact) mass is 270 g/mol. The molecule has 0 aliphatic heterocycles. The fourth-order valence-electron chi connectivity index (χ4n) is 1.97. The summed E-state index contributed by atoms with van der Waals surface area (Å²) in [5, 5.41) is 5.50. The van der Waals surface area contributed by atoms with Gasteiger partial charge in [0, 0.05) is 18.9 Å². The molecule has 3 heterocycles. The molecule has 3 aromatic heterocycles. The summed E-state index contributed by atoms with van der Waals surface area (Å²) >= 11 is 1.69. The van der Waals surface area contributed by atoms with Gasteiger partial charge in [0.25, 0.3) is 0 Å². The average molecular weight is 270 g/mol. The Morgan fingerprint density at radius 2 is 2.26 bits per heavy atom. The molecular formula is C14H14N4S. The third kappa shape index (κ3) is 2.56. The first-order valence-corrected chi connectivity index (χ1v) is 7.04. The maximum atomic E-state index is 4.32. The summed E-state index contributed by atoms with van der Waals surface area (Å²) < 4.78 is 1.13. The van der Waals surface area contributed by atoms with E-state index in [4.69, 9.17) is 0 Å². The van der Waals surface area contributed by atoms with Gasteiger partial charge in [0.05, 0.1) is 10.2 Å². The summed E-state index contributed by atoms with van der Waals surface area (Å²) in [5.41, 5.74) is 3.48. The molecule has 0 aliphatic carbocycles. The number of anilines is 1. The first kappa shape index (κ1) is 12.0. The van der Waals surface area contributed by atoms with Crippen molar-refractivity contribution in [3.8, 4) is 0 Å². The van der Waals surface area contributed by atoms with Gasteiger partial charge in [0.15, 0.2) is 0 Å². The van der Waals surface area contributed by atoms with Crippen molar-refractivity contribution in [3.05, 3.63) is 47.4 Å². The van der Waals surface area contributed by atoms with Gasteiger partial charge in [-0.15, -0.1) is 11.3 Å². The molecular weight excluding hydrogens is 256 g/mol. The molecule has 0 fully saturated rings. The number of hydrogen-bond donors (Lipinski definition) is 1. The van der Waals surface area contributed by atoms with Gasteiger partial charge in [-0.1, -0.05) is 6.07 Å². The third-order valence-electron chi connectivity index (χ3n) is 2.96. The maximum absolute atomic E-state index is 4.32. The van der Waals surface area contributed by atoms with Crippen LogP contribution in [0.25, 0.3) is 10.2 Å². The molecule has 1 N–H and O–H groups in total. The van der Waals surface area contributed by atoms with Crippen molar-refractivity contribution in [1.29, 1.82) is 0 Å². The smallest absolute Gasteiger partial charge is 0.147 e. The van der Waals surface area contributed by atoms with E-state index in [1.54, 1.807) is 23.9 Å². The number of pyridine rings is 1. The second-order valence-corrected chi connectivity index (χ2v) is 5.24. The summed E-state index contributed by atoms with van der Waals surface area (Å²) in [6.45, 7) is 2.92. The molecule has 4 nitrogen and oxygen atoms in total. The van der Waals surface area contributed by atoms with Gasteiger partial charge in [-0.25, -0.2) is 9.97 Å². The molecule has 0 amide bonds. The SMILES string of the molecule is Cc1csc2c(NCCc3cccnc3)ncnc12. The zero-order valence-electron chi connectivity index (χ0n) is 10.6. The van der Waals surface area contributed by atoms with Crippen LogP contribution in [0.3, 0.4) is 0 Å². The van der Waals surface area contributed by atoms with Gasteiger partial charge in [-0.05, 0) is 35.9 Å². The Kier molecular flexibility index (Phi) is 3.37. The molecule has 0 radical (unpaired) electrons. The van der Waals surface area contributed by atoms with Crippen LogP contribution in [-0.4, -0.2) is 21.5 Å². The predicted molar refractivity (Wildman–Crippen MR) is 78.6 cm³/mol. The minimum Gasteiger partial charge on any atom is -0.368 e. The fraction of sp³-hybridized carbons (Fsp3) is 0.214. The number of thiophene rings is 1. The largest absolute Gasteiger partial charge is 0.368 e. The molecule has 96 valence electrons. The Morgan fingerprint density at radius 3 is 3.11 bits per heavy atom. The van der Waals surface area contributed by atoms with Crippen LogP contribution in [0.5, 0.6) is 0 Å². The first-order valence-electron chi connectivity index (χ1n) is 6.16. The molecule has 19 heavy (non-hydrogen) atoms. The molecule has 0 atom stereocenters. The van der Waals surface area contributed by atoms with Crippen molar-refractivity contribution in [3.63, 3.8) is 0 Å². The average Bonchev–Trinajstić information content (AvgIpc) is 2.83. The predicted octanol–water partition coefficient (Wildman–Crippen LogP) is 3.05. The minimum absolute atomic E-state index is 0.842. The van der Waals surface area contributed by atoms with Crippen LogP contribution >= 0.6 is 11.3 Å². The normalized spacial score (nSPS) is 10.8. The lowest BCUT2D eigenvalue weighted by atomic mass is 10.2. The summed E-state index contributed by atoms with van der Waals surface area (Å²) in [4.78, 5) is 12.8. The van der Waals surface area contributed by atoms with Crippen LogP contribution in [0, 0.1) is 6.92 Å². The summed E-state index contributed by atoms with van der Waals surface area (Å²) in [5.74, 6) is 0.923. The zero-order valence-corrected chi connectivity index (χ0v) is 11.4. The van der Waals surface area contributed by atoms with E-state index in [9.17, 15) is 0 Å². The van der Waals surface area contributed by atoms with Gasteiger partial charge >= 0.3 is 0 Å². The Hall–Kier alpha value is -2.01. The highest BCUT2D eigenvalue weighted by atomic mass is 32.1. The quantitative estimate of drug-likeness (QED) is 0.791. The summed E-state index contributed by atoms with van der Waals surface area (Å²) in [6.07, 6.45) is 6.24. The summed E-state index contributed by atoms with van der Waals surface area (Å²) in [7, 11) is 0. The molecule has 3 aromatic rings. The number of rotatable bonds is 4. The number of nitrogens with zero attached hydrogens (tertiary/aromatic N) is 3. The van der Waals surface area contributed by atoms with Gasteiger partial charge in [-0.3, -0.25) is 4.98 Å². The topological polar surface area (TPSA) is 50.7 Å². The second kappa shape index (κ2) is 5.32. The van der Waals surface area contributed by atoms with Crippen LogP contribution in [0.15, 0.2) is 36.2 Å². The number of fused-ring (bicyclic) bond motifs is 1. The number of nitrogens with one attached hydrogen (secondary N) is 1. The van der Waals surface area contributed by atoms with Crippen molar-refractivity contribution in [1.82, 2.24) is 15.0 Å². The van der Waals surface area contributed by atoms with Crippen LogP contribution in [0.4, 0.5) is 5.82 Å². The standard InChI is InChI=1S/C14H14N4S/c1-10-8-19-13-12(10)17-9-18-14(13)16-6-4-11-3-2-5-15-7-11/h2-3,5,7-9H,4,6H2,1H3,(H,16,17,18). The molecule has 0 aliphatic rings. The Morgan fingerprint density at radius 1 is 1.32 bits per heavy atom. The van der Waals surface area contributed by atoms with E-state index in [1.807, 2.05) is 12.3 Å². The van der Waals surface area contributed by atoms with E-state index in [1.165, 1.54) is 11.1 Å². The molecule has 0 aromatic carbocycles. The van der Waals surface area contributed by atoms with E-state index >= 15 is 0 Å². The summed E-state index contributed by atoms with van der Waals surface area (Å²) in [6, 6.07) is 4.04. The molecule has 3 rings (SSSR count). The van der Waals surface area contributed by atoms with E-state index < -0.39 is 0 Å². The van der Waals surface area contributed by atoms with E-state index in [-0.39, 0.29) is 0 Å². The zero-order chi connectivity index (χ0) is 13.1. The third-order valence-corrected chi connectivity index (χ3v) is 4.05. The van der Waals surface area contributed by atoms with Gasteiger partial charge in [0.1, 0.15) is 12.1 Å². The number of aromatic nitrogens is 3. The number of aryl methyl sites for hydroxylation is 1. The lowest BCUT2D eigenvalue weighted by molar-refractivity contribution is 0.994. The van der Waals surface area contributed by atoms with Crippen molar-refractivity contribution < 1.29 is 0 Å².